The fourth-order valence-electron chi connectivity index (χ4n) is 10.2. The molecule has 1 heterocycles. The molecule has 0 unspecified atom stereocenters. The number of para-hydroxylation sites is 1. The van der Waals surface area contributed by atoms with Gasteiger partial charge < -0.3 is 9.32 Å². The molecule has 10 aromatic carbocycles. The lowest BCUT2D eigenvalue weighted by Gasteiger charge is -2.26. The molecule has 2 heteroatoms. The smallest absolute Gasteiger partial charge is 0.144 e. The van der Waals surface area contributed by atoms with Gasteiger partial charge in [0.1, 0.15) is 11.2 Å². The summed E-state index contributed by atoms with van der Waals surface area (Å²) < 4.78 is 7.22. The van der Waals surface area contributed by atoms with E-state index in [0.29, 0.717) is 0 Å². The Hall–Kier alpha value is -8.20. The summed E-state index contributed by atoms with van der Waals surface area (Å²) in [5.74, 6) is 0. The Morgan fingerprint density at radius 3 is 1.25 bits per heavy atom. The van der Waals surface area contributed by atoms with E-state index in [9.17, 15) is 0 Å². The second-order valence-corrected chi connectivity index (χ2v) is 17.7. The average Bonchev–Trinajstić information content (AvgIpc) is 3.88. The molecule has 1 aromatic heterocycles. The van der Waals surface area contributed by atoms with Crippen LogP contribution >= 0.6 is 0 Å². The number of hydrogen-bond donors (Lipinski definition) is 0. The number of anilines is 3. The van der Waals surface area contributed by atoms with Gasteiger partial charge >= 0.3 is 0 Å². The summed E-state index contributed by atoms with van der Waals surface area (Å²) in [5.41, 5.74) is 21.8. The molecule has 0 N–H and O–H groups in total. The largest absolute Gasteiger partial charge is 0.455 e. The second-order valence-electron chi connectivity index (χ2n) is 17.7. The number of fused-ring (bicyclic) bond motifs is 7. The minimum absolute atomic E-state index is 0.163. The first-order valence-corrected chi connectivity index (χ1v) is 22.5. The van der Waals surface area contributed by atoms with Gasteiger partial charge in [-0.25, -0.2) is 0 Å². The predicted molar refractivity (Wildman–Crippen MR) is 273 cm³/mol. The maximum atomic E-state index is 7.22. The van der Waals surface area contributed by atoms with Crippen molar-refractivity contribution in [3.63, 3.8) is 0 Å². The van der Waals surface area contributed by atoms with E-state index in [2.05, 4.69) is 255 Å². The first-order valence-electron chi connectivity index (χ1n) is 22.5. The zero-order valence-electron chi connectivity index (χ0n) is 36.4. The molecule has 0 saturated carbocycles. The molecular formula is C63H45NO. The summed E-state index contributed by atoms with van der Waals surface area (Å²) in [4.78, 5) is 2.34. The summed E-state index contributed by atoms with van der Waals surface area (Å²) in [7, 11) is 0. The van der Waals surface area contributed by atoms with E-state index in [-0.39, 0.29) is 5.41 Å². The van der Waals surface area contributed by atoms with Gasteiger partial charge in [0.15, 0.2) is 0 Å². The molecule has 65 heavy (non-hydrogen) atoms. The van der Waals surface area contributed by atoms with E-state index in [0.717, 1.165) is 50.1 Å². The Kier molecular flexibility index (Phi) is 9.21. The summed E-state index contributed by atoms with van der Waals surface area (Å²) in [6.45, 7) is 4.68. The third-order valence-electron chi connectivity index (χ3n) is 13.5. The van der Waals surface area contributed by atoms with E-state index < -0.39 is 0 Å². The number of nitrogens with zero attached hydrogens (tertiary/aromatic N) is 1. The van der Waals surface area contributed by atoms with Gasteiger partial charge in [-0.3, -0.25) is 0 Å². The molecule has 0 fully saturated rings. The SMILES string of the molecule is CC1(C)c2ccccc2-c2c1cc(-c1ccccc1)c1c2oc2c(-c3ccc(N(c4ccc(-c5ccccc5)cc4)c4ccc(-c5ccc(-c6ccccc6)cc5)cc4)cc3)cccc21. The standard InChI is InChI=1S/C63H45NO/c1-63(2)57-24-13-12-21-54(57)60-58(63)41-56(48-19-10-5-11-20-48)59-55-23-14-22-53(61(55)65-62(59)60)49-33-39-52(40-34-49)64(50-35-29-46(30-36-50)43-17-8-4-9-18-43)51-37-31-47(32-38-51)45-27-25-44(26-28-45)42-15-6-3-7-16-42/h3-41H,1-2H3. The van der Waals surface area contributed by atoms with E-state index in [1.807, 2.05) is 0 Å². The lowest BCUT2D eigenvalue weighted by molar-refractivity contribution is 0.654. The van der Waals surface area contributed by atoms with Crippen LogP contribution in [0.1, 0.15) is 25.0 Å². The average molecular weight is 832 g/mol. The molecule has 2 nitrogen and oxygen atoms in total. The van der Waals surface area contributed by atoms with Crippen LogP contribution in [0.2, 0.25) is 0 Å². The van der Waals surface area contributed by atoms with E-state index in [1.165, 1.54) is 66.8 Å². The number of furan rings is 1. The first kappa shape index (κ1) is 38.5. The van der Waals surface area contributed by atoms with Gasteiger partial charge in [0.25, 0.3) is 0 Å². The van der Waals surface area contributed by atoms with Crippen LogP contribution in [0.25, 0.3) is 88.7 Å². The summed E-state index contributed by atoms with van der Waals surface area (Å²) in [6, 6.07) is 85.4. The minimum Gasteiger partial charge on any atom is -0.455 e. The lowest BCUT2D eigenvalue weighted by Crippen LogP contribution is -2.15. The third-order valence-corrected chi connectivity index (χ3v) is 13.5. The molecule has 0 amide bonds. The van der Waals surface area contributed by atoms with Crippen LogP contribution < -0.4 is 4.90 Å². The Morgan fingerprint density at radius 2 is 0.723 bits per heavy atom. The van der Waals surface area contributed by atoms with Crippen molar-refractivity contribution in [3.05, 3.63) is 248 Å². The van der Waals surface area contributed by atoms with Crippen molar-refractivity contribution in [1.82, 2.24) is 0 Å². The first-order chi connectivity index (χ1) is 32.0. The second kappa shape index (κ2) is 15.6. The Bertz CT molecular complexity index is 3500. The van der Waals surface area contributed by atoms with Gasteiger partial charge in [-0.2, -0.15) is 0 Å². The van der Waals surface area contributed by atoms with Gasteiger partial charge in [0, 0.05) is 44.4 Å². The highest BCUT2D eigenvalue weighted by atomic mass is 16.3. The van der Waals surface area contributed by atoms with Crippen LogP contribution in [-0.2, 0) is 5.41 Å². The summed E-state index contributed by atoms with van der Waals surface area (Å²) >= 11 is 0. The highest BCUT2D eigenvalue weighted by Crippen LogP contribution is 2.55. The van der Waals surface area contributed by atoms with Gasteiger partial charge in [-0.1, -0.05) is 208 Å². The molecule has 12 rings (SSSR count). The predicted octanol–water partition coefficient (Wildman–Crippen LogP) is 17.7. The molecule has 0 atom stereocenters. The Morgan fingerprint density at radius 1 is 0.323 bits per heavy atom. The molecule has 11 aromatic rings. The van der Waals surface area contributed by atoms with E-state index in [1.54, 1.807) is 0 Å². The van der Waals surface area contributed by atoms with Crippen LogP contribution in [0.15, 0.2) is 241 Å². The van der Waals surface area contributed by atoms with Gasteiger partial charge in [-0.15, -0.1) is 0 Å². The van der Waals surface area contributed by atoms with Crippen molar-refractivity contribution in [1.29, 1.82) is 0 Å². The minimum atomic E-state index is -0.163. The molecular weight excluding hydrogens is 787 g/mol. The molecule has 0 saturated heterocycles. The number of hydrogen-bond acceptors (Lipinski definition) is 2. The van der Waals surface area contributed by atoms with Crippen LogP contribution in [0, 0.1) is 0 Å². The monoisotopic (exact) mass is 831 g/mol. The molecule has 0 radical (unpaired) electrons. The van der Waals surface area contributed by atoms with Crippen molar-refractivity contribution in [2.24, 2.45) is 0 Å². The normalized spacial score (nSPS) is 12.6. The lowest BCUT2D eigenvalue weighted by atomic mass is 9.81. The molecule has 1 aliphatic carbocycles. The fourth-order valence-corrected chi connectivity index (χ4v) is 10.2. The molecule has 0 bridgehead atoms. The third kappa shape index (κ3) is 6.57. The Balaban J connectivity index is 0.954. The summed E-state index contributed by atoms with van der Waals surface area (Å²) in [6.07, 6.45) is 0. The molecule has 0 aliphatic heterocycles. The van der Waals surface area contributed by atoms with Gasteiger partial charge in [0.05, 0.1) is 0 Å². The van der Waals surface area contributed by atoms with Crippen LogP contribution in [0.4, 0.5) is 17.1 Å². The van der Waals surface area contributed by atoms with Gasteiger partial charge in [0.2, 0.25) is 0 Å². The quantitative estimate of drug-likeness (QED) is 0.152. The summed E-state index contributed by atoms with van der Waals surface area (Å²) in [5, 5.41) is 2.29. The zero-order chi connectivity index (χ0) is 43.5. The highest BCUT2D eigenvalue weighted by molar-refractivity contribution is 6.20. The number of benzene rings is 10. The molecule has 1 aliphatic rings. The van der Waals surface area contributed by atoms with Crippen molar-refractivity contribution in [3.8, 4) is 66.8 Å². The van der Waals surface area contributed by atoms with Crippen molar-refractivity contribution < 1.29 is 4.42 Å². The maximum Gasteiger partial charge on any atom is 0.144 e. The van der Waals surface area contributed by atoms with Gasteiger partial charge in [-0.05, 0) is 109 Å². The van der Waals surface area contributed by atoms with Crippen molar-refractivity contribution in [2.75, 3.05) is 4.90 Å². The van der Waals surface area contributed by atoms with Crippen molar-refractivity contribution >= 4 is 39.0 Å². The Labute approximate surface area is 380 Å². The topological polar surface area (TPSA) is 16.4 Å². The maximum absolute atomic E-state index is 7.22. The van der Waals surface area contributed by atoms with Crippen LogP contribution in [0.5, 0.6) is 0 Å². The molecule has 0 spiro atoms. The van der Waals surface area contributed by atoms with E-state index >= 15 is 0 Å². The van der Waals surface area contributed by atoms with Crippen LogP contribution in [0.3, 0.4) is 0 Å². The fraction of sp³-hybridized carbons (Fsp3) is 0.0476. The van der Waals surface area contributed by atoms with Crippen molar-refractivity contribution in [2.45, 2.75) is 19.3 Å². The van der Waals surface area contributed by atoms with E-state index in [4.69, 9.17) is 4.42 Å². The number of rotatable bonds is 8. The zero-order valence-corrected chi connectivity index (χ0v) is 36.4. The highest BCUT2D eigenvalue weighted by Gasteiger charge is 2.38. The molecule has 308 valence electrons. The van der Waals surface area contributed by atoms with Crippen LogP contribution in [-0.4, -0.2) is 0 Å².